The number of carboxylic acid groups (broad SMARTS) is 2. The molecule has 0 bridgehead atoms. The van der Waals surface area contributed by atoms with Crippen molar-refractivity contribution in [2.75, 3.05) is 0 Å². The fourth-order valence-corrected chi connectivity index (χ4v) is 1.50. The van der Waals surface area contributed by atoms with E-state index in [0.717, 1.165) is 19.3 Å². The van der Waals surface area contributed by atoms with E-state index in [1.54, 1.807) is 6.92 Å². The number of carboxylic acids is 2. The van der Waals surface area contributed by atoms with Gasteiger partial charge in [0.1, 0.15) is 0 Å². The van der Waals surface area contributed by atoms with E-state index in [1.165, 1.54) is 6.92 Å². The predicted molar refractivity (Wildman–Crippen MR) is 56.7 cm³/mol. The van der Waals surface area contributed by atoms with E-state index >= 15 is 0 Å². The van der Waals surface area contributed by atoms with Crippen molar-refractivity contribution < 1.29 is 19.8 Å². The van der Waals surface area contributed by atoms with Gasteiger partial charge in [-0.05, 0) is 19.3 Å². The zero-order valence-corrected chi connectivity index (χ0v) is 9.62. The molecule has 2 N–H and O–H groups in total. The smallest absolute Gasteiger partial charge is 0.321 e. The molecule has 0 saturated heterocycles. The second-order valence-electron chi connectivity index (χ2n) is 4.21. The number of rotatable bonds is 7. The minimum Gasteiger partial charge on any atom is -0.480 e. The molecule has 0 spiro atoms. The van der Waals surface area contributed by atoms with E-state index in [0.29, 0.717) is 6.42 Å². The van der Waals surface area contributed by atoms with Crippen LogP contribution in [0.5, 0.6) is 0 Å². The summed E-state index contributed by atoms with van der Waals surface area (Å²) >= 11 is 0. The van der Waals surface area contributed by atoms with Crippen LogP contribution < -0.4 is 0 Å². The van der Waals surface area contributed by atoms with E-state index in [-0.39, 0.29) is 5.92 Å². The molecule has 0 radical (unpaired) electrons. The molecule has 4 heteroatoms. The van der Waals surface area contributed by atoms with Gasteiger partial charge >= 0.3 is 11.9 Å². The Hall–Kier alpha value is -1.06. The van der Waals surface area contributed by atoms with Crippen LogP contribution in [0.25, 0.3) is 0 Å². The second-order valence-corrected chi connectivity index (χ2v) is 4.21. The summed E-state index contributed by atoms with van der Waals surface area (Å²) in [6.07, 6.45) is 3.58. The molecule has 0 amide bonds. The number of unbranched alkanes of at least 4 members (excludes halogenated alkanes) is 2. The van der Waals surface area contributed by atoms with Crippen molar-refractivity contribution in [2.45, 2.75) is 46.5 Å². The molecule has 0 aromatic heterocycles. The Kier molecular flexibility index (Phi) is 5.33. The summed E-state index contributed by atoms with van der Waals surface area (Å²) in [6.45, 7) is 5.03. The topological polar surface area (TPSA) is 74.6 Å². The molecule has 0 aromatic carbocycles. The predicted octanol–water partition coefficient (Wildman–Crippen LogP) is 2.38. The maximum Gasteiger partial charge on any atom is 0.321 e. The van der Waals surface area contributed by atoms with Crippen LogP contribution in [0, 0.1) is 11.3 Å². The van der Waals surface area contributed by atoms with E-state index in [9.17, 15) is 9.59 Å². The van der Waals surface area contributed by atoms with Gasteiger partial charge in [0, 0.05) is 0 Å². The van der Waals surface area contributed by atoms with Crippen molar-refractivity contribution in [3.8, 4) is 0 Å². The number of hydrogen-bond acceptors (Lipinski definition) is 2. The Morgan fingerprint density at radius 3 is 2.00 bits per heavy atom. The van der Waals surface area contributed by atoms with E-state index < -0.39 is 17.4 Å². The summed E-state index contributed by atoms with van der Waals surface area (Å²) in [5, 5.41) is 17.9. The van der Waals surface area contributed by atoms with E-state index in [1.807, 2.05) is 0 Å². The lowest BCUT2D eigenvalue weighted by Gasteiger charge is -2.26. The normalized spacial score (nSPS) is 13.5. The lowest BCUT2D eigenvalue weighted by molar-refractivity contribution is -0.167. The van der Waals surface area contributed by atoms with Gasteiger partial charge in [-0.3, -0.25) is 9.59 Å². The summed E-state index contributed by atoms with van der Waals surface area (Å²) in [7, 11) is 0. The Labute approximate surface area is 90.3 Å². The fourth-order valence-electron chi connectivity index (χ4n) is 1.50. The first kappa shape index (κ1) is 13.9. The standard InChI is InChI=1S/C11H20O4/c1-4-5-6-7-8(2)11(3,9(12)13)10(14)15/h8H,4-7H2,1-3H3,(H,12,13)(H,14,15)/t8-/m0/s1. The zero-order valence-electron chi connectivity index (χ0n) is 9.62. The molecule has 1 atom stereocenters. The first-order valence-corrected chi connectivity index (χ1v) is 5.34. The lowest BCUT2D eigenvalue weighted by Crippen LogP contribution is -2.42. The van der Waals surface area contributed by atoms with Gasteiger partial charge in [-0.1, -0.05) is 33.1 Å². The molecular weight excluding hydrogens is 196 g/mol. The molecule has 0 rings (SSSR count). The van der Waals surface area contributed by atoms with Crippen LogP contribution in [0.4, 0.5) is 0 Å². The van der Waals surface area contributed by atoms with E-state index in [2.05, 4.69) is 6.92 Å². The summed E-state index contributed by atoms with van der Waals surface area (Å²) < 4.78 is 0. The van der Waals surface area contributed by atoms with Crippen LogP contribution in [0.1, 0.15) is 46.5 Å². The van der Waals surface area contributed by atoms with Crippen molar-refractivity contribution in [1.82, 2.24) is 0 Å². The third-order valence-corrected chi connectivity index (χ3v) is 3.11. The second kappa shape index (κ2) is 5.73. The van der Waals surface area contributed by atoms with Crippen LogP contribution in [0.3, 0.4) is 0 Å². The number of carbonyl (C=O) groups is 2. The Balaban J connectivity index is 4.50. The quantitative estimate of drug-likeness (QED) is 0.506. The Morgan fingerprint density at radius 1 is 1.20 bits per heavy atom. The SMILES string of the molecule is CCCCC[C@H](C)C(C)(C(=O)O)C(=O)O. The fraction of sp³-hybridized carbons (Fsp3) is 0.818. The molecule has 0 fully saturated rings. The summed E-state index contributed by atoms with van der Waals surface area (Å²) in [5.74, 6) is -2.85. The minimum atomic E-state index is -1.66. The first-order chi connectivity index (χ1) is 6.87. The minimum absolute atomic E-state index is 0.348. The number of hydrogen-bond donors (Lipinski definition) is 2. The lowest BCUT2D eigenvalue weighted by atomic mass is 9.75. The molecule has 0 unspecified atom stereocenters. The molecule has 15 heavy (non-hydrogen) atoms. The third kappa shape index (κ3) is 3.22. The van der Waals surface area contributed by atoms with Gasteiger partial charge in [0.25, 0.3) is 0 Å². The Bertz CT molecular complexity index is 221. The maximum absolute atomic E-state index is 11.0. The highest BCUT2D eigenvalue weighted by Crippen LogP contribution is 2.31. The Morgan fingerprint density at radius 2 is 1.67 bits per heavy atom. The van der Waals surface area contributed by atoms with Gasteiger partial charge in [0.15, 0.2) is 5.41 Å². The van der Waals surface area contributed by atoms with Gasteiger partial charge in [0.2, 0.25) is 0 Å². The highest BCUT2D eigenvalue weighted by Gasteiger charge is 2.46. The molecule has 0 saturated carbocycles. The zero-order chi connectivity index (χ0) is 12.1. The average Bonchev–Trinajstić information content (AvgIpc) is 2.15. The third-order valence-electron chi connectivity index (χ3n) is 3.11. The maximum atomic E-state index is 11.0. The van der Waals surface area contributed by atoms with Crippen molar-refractivity contribution >= 4 is 11.9 Å². The molecule has 0 heterocycles. The largest absolute Gasteiger partial charge is 0.480 e. The number of aliphatic carboxylic acids is 2. The molecular formula is C11H20O4. The summed E-state index contributed by atoms with van der Waals surface area (Å²) in [5.41, 5.74) is -1.66. The molecule has 88 valence electrons. The average molecular weight is 216 g/mol. The van der Waals surface area contributed by atoms with Crippen LogP contribution in [0.2, 0.25) is 0 Å². The molecule has 0 aliphatic carbocycles. The highest BCUT2D eigenvalue weighted by atomic mass is 16.4. The van der Waals surface area contributed by atoms with Crippen molar-refractivity contribution in [3.63, 3.8) is 0 Å². The van der Waals surface area contributed by atoms with Crippen LogP contribution in [0.15, 0.2) is 0 Å². The van der Waals surface area contributed by atoms with Gasteiger partial charge in [0.05, 0.1) is 0 Å². The van der Waals surface area contributed by atoms with E-state index in [4.69, 9.17) is 10.2 Å². The van der Waals surface area contributed by atoms with Crippen LogP contribution >= 0.6 is 0 Å². The van der Waals surface area contributed by atoms with Gasteiger partial charge < -0.3 is 10.2 Å². The highest BCUT2D eigenvalue weighted by molar-refractivity contribution is 5.98. The summed E-state index contributed by atoms with van der Waals surface area (Å²) in [4.78, 5) is 21.9. The van der Waals surface area contributed by atoms with Crippen molar-refractivity contribution in [2.24, 2.45) is 11.3 Å². The van der Waals surface area contributed by atoms with Gasteiger partial charge in [-0.15, -0.1) is 0 Å². The molecule has 0 aliphatic heterocycles. The van der Waals surface area contributed by atoms with Crippen molar-refractivity contribution in [1.29, 1.82) is 0 Å². The van der Waals surface area contributed by atoms with Crippen molar-refractivity contribution in [3.05, 3.63) is 0 Å². The van der Waals surface area contributed by atoms with Crippen LogP contribution in [-0.2, 0) is 9.59 Å². The monoisotopic (exact) mass is 216 g/mol. The summed E-state index contributed by atoms with van der Waals surface area (Å²) in [6, 6.07) is 0. The van der Waals surface area contributed by atoms with Crippen LogP contribution in [-0.4, -0.2) is 22.2 Å². The molecule has 0 aromatic rings. The first-order valence-electron chi connectivity index (χ1n) is 5.34. The van der Waals surface area contributed by atoms with Gasteiger partial charge in [-0.2, -0.15) is 0 Å². The molecule has 4 nitrogen and oxygen atoms in total. The molecule has 0 aliphatic rings. The van der Waals surface area contributed by atoms with Gasteiger partial charge in [-0.25, -0.2) is 0 Å².